The van der Waals surface area contributed by atoms with Crippen LogP contribution in [0.2, 0.25) is 0 Å². The van der Waals surface area contributed by atoms with Crippen molar-refractivity contribution in [2.45, 2.75) is 141 Å². The third-order valence-electron chi connectivity index (χ3n) is 13.8. The summed E-state index contributed by atoms with van der Waals surface area (Å²) in [7, 11) is 7.12. The van der Waals surface area contributed by atoms with Crippen LogP contribution >= 0.6 is 11.3 Å². The summed E-state index contributed by atoms with van der Waals surface area (Å²) in [5, 5.41) is 2.85. The molecule has 1 saturated carbocycles. The molecule has 2 N–H and O–H groups in total. The number of ketones is 2. The number of aromatic nitrogens is 1. The Labute approximate surface area is 345 Å². The van der Waals surface area contributed by atoms with Gasteiger partial charge < -0.3 is 25.0 Å². The summed E-state index contributed by atoms with van der Waals surface area (Å²) >= 11 is 1.55. The van der Waals surface area contributed by atoms with Crippen molar-refractivity contribution in [3.63, 3.8) is 0 Å². The van der Waals surface area contributed by atoms with E-state index in [1.807, 2.05) is 62.4 Å². The normalized spacial score (nSPS) is 24.6. The average Bonchev–Trinajstić information content (AvgIpc) is 4.02. The minimum Gasteiger partial charge on any atom is -0.399 e. The maximum atomic E-state index is 14.4. The van der Waals surface area contributed by atoms with Gasteiger partial charge in [0.25, 0.3) is 0 Å². The van der Waals surface area contributed by atoms with Gasteiger partial charge in [0.15, 0.2) is 5.78 Å². The van der Waals surface area contributed by atoms with Crippen molar-refractivity contribution in [3.8, 4) is 0 Å². The lowest BCUT2D eigenvalue weighted by Crippen LogP contribution is -2.54. The first-order valence-corrected chi connectivity index (χ1v) is 22.2. The number of amides is 2. The summed E-state index contributed by atoms with van der Waals surface area (Å²) in [5.74, 6) is -0.518. The van der Waals surface area contributed by atoms with Gasteiger partial charge in [0.2, 0.25) is 11.8 Å². The van der Waals surface area contributed by atoms with Gasteiger partial charge in [-0.3, -0.25) is 24.1 Å². The van der Waals surface area contributed by atoms with Crippen molar-refractivity contribution in [1.29, 1.82) is 0 Å². The highest BCUT2D eigenvalue weighted by Crippen LogP contribution is 2.43. The van der Waals surface area contributed by atoms with E-state index in [2.05, 4.69) is 30.8 Å². The van der Waals surface area contributed by atoms with Gasteiger partial charge in [0, 0.05) is 81.7 Å². The van der Waals surface area contributed by atoms with E-state index in [0.717, 1.165) is 49.1 Å². The molecule has 57 heavy (non-hydrogen) atoms. The number of ether oxygens (including phenoxy) is 2. The highest BCUT2D eigenvalue weighted by Gasteiger charge is 2.48. The third kappa shape index (κ3) is 10.3. The Kier molecular flexibility index (Phi) is 15.9. The van der Waals surface area contributed by atoms with Gasteiger partial charge in [-0.25, -0.2) is 4.98 Å². The maximum Gasteiger partial charge on any atom is 0.226 e. The molecule has 0 spiro atoms. The van der Waals surface area contributed by atoms with E-state index in [-0.39, 0.29) is 72.1 Å². The number of thiazole rings is 1. The SMILES string of the molecule is CC[C@H](C)[C@@H]([C@@H](CC(=O)N1CCC[C@H]1[C@H](OC)[C@@H](C)C(=O)C[C@@H](Cc1cccc(N)c1)c1nccs1)OC)N(C)C(=O)[C@@H](CC(=O)[C@@H]1[C@H]2CC[C@@H](C2)N1C)C(C)C. The molecule has 2 saturated heterocycles. The lowest BCUT2D eigenvalue weighted by Gasteiger charge is -2.41. The van der Waals surface area contributed by atoms with Crippen LogP contribution in [0.4, 0.5) is 5.69 Å². The third-order valence-corrected chi connectivity index (χ3v) is 14.8. The lowest BCUT2D eigenvalue weighted by atomic mass is 9.83. The number of Topliss-reactive ketones (excluding diaryl/α,β-unsaturated/α-hetero) is 2. The average molecular weight is 808 g/mol. The minimum absolute atomic E-state index is 0.0250. The quantitative estimate of drug-likeness (QED) is 0.138. The molecule has 3 heterocycles. The number of piperidine rings is 1. The highest BCUT2D eigenvalue weighted by molar-refractivity contribution is 7.09. The number of carbonyl (C=O) groups excluding carboxylic acids is 4. The molecule has 11 atom stereocenters. The molecule has 316 valence electrons. The van der Waals surface area contributed by atoms with Crippen molar-refractivity contribution in [2.24, 2.45) is 29.6 Å². The van der Waals surface area contributed by atoms with Crippen molar-refractivity contribution >= 4 is 40.4 Å². The van der Waals surface area contributed by atoms with E-state index in [1.54, 1.807) is 36.7 Å². The molecule has 2 bridgehead atoms. The number of rotatable bonds is 21. The fraction of sp³-hybridized carbons (Fsp3) is 0.711. The molecule has 0 radical (unpaired) electrons. The number of likely N-dealkylation sites (N-methyl/N-ethyl adjacent to an activating group) is 2. The smallest absolute Gasteiger partial charge is 0.226 e. The standard InChI is InChI=1S/C45H69N5O6S/c1-10-28(4)41(49(7)45(54)35(27(2)3)25-38(52)42-31-16-17-34(23-31)48(42)6)39(55-8)26-40(53)50-19-12-15-36(50)43(56-9)29(5)37(51)24-32(44-47-18-20-57-44)21-30-13-11-14-33(46)22-30/h11,13-14,18,20,22,27-29,31-32,34-36,39,41-43H,10,12,15-17,19,21,23-26,46H2,1-9H3/t28-,29-,31-,32+,34-,35-,36-,39+,41-,42-,43+/m0/s1. The van der Waals surface area contributed by atoms with E-state index in [1.165, 1.54) is 0 Å². The first-order chi connectivity index (χ1) is 27.2. The van der Waals surface area contributed by atoms with Crippen LogP contribution < -0.4 is 5.73 Å². The zero-order valence-corrected chi connectivity index (χ0v) is 36.7. The number of likely N-dealkylation sites (tertiary alicyclic amines) is 2. The van der Waals surface area contributed by atoms with Crippen LogP contribution in [0.3, 0.4) is 0 Å². The minimum atomic E-state index is -0.561. The summed E-state index contributed by atoms with van der Waals surface area (Å²) in [6.07, 6.45) is 7.61. The summed E-state index contributed by atoms with van der Waals surface area (Å²) in [5.41, 5.74) is 7.82. The largest absolute Gasteiger partial charge is 0.399 e. The topological polar surface area (TPSA) is 135 Å². The van der Waals surface area contributed by atoms with E-state index in [9.17, 15) is 19.2 Å². The first kappa shape index (κ1) is 44.9. The highest BCUT2D eigenvalue weighted by atomic mass is 32.1. The van der Waals surface area contributed by atoms with Crippen LogP contribution in [-0.2, 0) is 35.1 Å². The van der Waals surface area contributed by atoms with Crippen LogP contribution in [0, 0.1) is 29.6 Å². The second-order valence-electron chi connectivity index (χ2n) is 17.6. The second kappa shape index (κ2) is 20.2. The molecule has 3 aliphatic rings. The summed E-state index contributed by atoms with van der Waals surface area (Å²) in [6.45, 7) is 10.7. The molecule has 11 nitrogen and oxygen atoms in total. The van der Waals surface area contributed by atoms with Crippen molar-refractivity contribution in [1.82, 2.24) is 19.7 Å². The molecular weight excluding hydrogens is 739 g/mol. The number of hydrogen-bond acceptors (Lipinski definition) is 10. The molecule has 2 amide bonds. The molecule has 12 heteroatoms. The number of fused-ring (bicyclic) bond motifs is 2. The second-order valence-corrected chi connectivity index (χ2v) is 18.6. The molecule has 5 rings (SSSR count). The van der Waals surface area contributed by atoms with E-state index in [0.29, 0.717) is 37.0 Å². The van der Waals surface area contributed by atoms with Crippen molar-refractivity contribution in [3.05, 3.63) is 46.4 Å². The first-order valence-electron chi connectivity index (χ1n) is 21.3. The van der Waals surface area contributed by atoms with E-state index < -0.39 is 24.0 Å². The van der Waals surface area contributed by atoms with Crippen LogP contribution in [0.25, 0.3) is 0 Å². The molecule has 0 unspecified atom stereocenters. The molecular formula is C45H69N5O6S. The number of nitrogens with two attached hydrogens (primary N) is 1. The van der Waals surface area contributed by atoms with Gasteiger partial charge in [0.1, 0.15) is 5.78 Å². The van der Waals surface area contributed by atoms with Crippen LogP contribution in [0.5, 0.6) is 0 Å². The number of nitrogen functional groups attached to an aromatic ring is 1. The predicted molar refractivity (Wildman–Crippen MR) is 226 cm³/mol. The Hall–Kier alpha value is -3.19. The number of anilines is 1. The number of carbonyl (C=O) groups is 4. The molecule has 1 aromatic carbocycles. The van der Waals surface area contributed by atoms with Crippen molar-refractivity contribution in [2.75, 3.05) is 40.6 Å². The maximum absolute atomic E-state index is 14.4. The van der Waals surface area contributed by atoms with Crippen LogP contribution in [0.15, 0.2) is 35.8 Å². The molecule has 1 aromatic heterocycles. The van der Waals surface area contributed by atoms with E-state index >= 15 is 0 Å². The van der Waals surface area contributed by atoms with Gasteiger partial charge in [-0.05, 0) is 81.0 Å². The number of methoxy groups -OCH3 is 2. The number of benzene rings is 1. The Morgan fingerprint density at radius 1 is 1.04 bits per heavy atom. The summed E-state index contributed by atoms with van der Waals surface area (Å²) in [4.78, 5) is 67.2. The van der Waals surface area contributed by atoms with Gasteiger partial charge in [-0.15, -0.1) is 11.3 Å². The lowest BCUT2D eigenvalue weighted by molar-refractivity contribution is -0.149. The summed E-state index contributed by atoms with van der Waals surface area (Å²) in [6, 6.07) is 7.49. The number of nitrogens with zero attached hydrogens (tertiary/aromatic N) is 4. The molecule has 3 fully saturated rings. The van der Waals surface area contributed by atoms with Crippen molar-refractivity contribution < 1.29 is 28.7 Å². The summed E-state index contributed by atoms with van der Waals surface area (Å²) < 4.78 is 12.2. The Bertz CT molecular complexity index is 1650. The Morgan fingerprint density at radius 3 is 2.39 bits per heavy atom. The zero-order chi connectivity index (χ0) is 41.6. The van der Waals surface area contributed by atoms with Crippen LogP contribution in [-0.4, -0.2) is 114 Å². The Balaban J connectivity index is 1.27. The van der Waals surface area contributed by atoms with Gasteiger partial charge in [-0.2, -0.15) is 0 Å². The van der Waals surface area contributed by atoms with Gasteiger partial charge in [0.05, 0.1) is 41.8 Å². The number of hydrogen-bond donors (Lipinski definition) is 1. The fourth-order valence-electron chi connectivity index (χ4n) is 10.4. The van der Waals surface area contributed by atoms with E-state index in [4.69, 9.17) is 15.2 Å². The predicted octanol–water partition coefficient (Wildman–Crippen LogP) is 6.65. The Morgan fingerprint density at radius 2 is 1.79 bits per heavy atom. The molecule has 1 aliphatic carbocycles. The van der Waals surface area contributed by atoms with Crippen LogP contribution in [0.1, 0.15) is 109 Å². The fourth-order valence-corrected chi connectivity index (χ4v) is 11.1. The zero-order valence-electron chi connectivity index (χ0n) is 35.9. The monoisotopic (exact) mass is 807 g/mol. The molecule has 2 aromatic rings. The molecule has 2 aliphatic heterocycles. The van der Waals surface area contributed by atoms with Gasteiger partial charge in [-0.1, -0.05) is 53.2 Å². The van der Waals surface area contributed by atoms with Gasteiger partial charge >= 0.3 is 0 Å².